The van der Waals surface area contributed by atoms with Gasteiger partial charge in [0.2, 0.25) is 5.91 Å². The Labute approximate surface area is 241 Å². The van der Waals surface area contributed by atoms with Gasteiger partial charge in [-0.15, -0.1) is 0 Å². The van der Waals surface area contributed by atoms with Gasteiger partial charge >= 0.3 is 6.03 Å². The van der Waals surface area contributed by atoms with Gasteiger partial charge in [-0.25, -0.2) is 4.79 Å². The Hall–Kier alpha value is -3.39. The van der Waals surface area contributed by atoms with Crippen LogP contribution in [-0.2, 0) is 17.9 Å². The average molecular weight is 567 g/mol. The number of anilines is 1. The van der Waals surface area contributed by atoms with E-state index in [0.717, 1.165) is 46.8 Å². The molecule has 0 spiro atoms. The highest BCUT2D eigenvalue weighted by atomic mass is 35.5. The van der Waals surface area contributed by atoms with E-state index >= 15 is 0 Å². The second-order valence-electron chi connectivity index (χ2n) is 11.2. The Morgan fingerprint density at radius 2 is 1.95 bits per heavy atom. The van der Waals surface area contributed by atoms with Crippen molar-refractivity contribution >= 4 is 40.1 Å². The van der Waals surface area contributed by atoms with Crippen molar-refractivity contribution in [1.29, 1.82) is 0 Å². The Balaban J connectivity index is 1.31. The summed E-state index contributed by atoms with van der Waals surface area (Å²) < 4.78 is 13.5. The number of hydrogen-bond acceptors (Lipinski definition) is 4. The van der Waals surface area contributed by atoms with Crippen LogP contribution >= 0.6 is 11.6 Å². The fraction of sp³-hybridized carbons (Fsp3) is 0.484. The lowest BCUT2D eigenvalue weighted by Gasteiger charge is -2.36. The van der Waals surface area contributed by atoms with Gasteiger partial charge in [-0.2, -0.15) is 0 Å². The number of carbonyl (C=O) groups excluding carboxylic acids is 2. The second-order valence-corrected chi connectivity index (χ2v) is 11.6. The molecule has 1 aliphatic carbocycles. The minimum Gasteiger partial charge on any atom is -0.493 e. The van der Waals surface area contributed by atoms with E-state index in [-0.39, 0.29) is 18.5 Å². The smallest absolute Gasteiger partial charge is 0.324 e. The van der Waals surface area contributed by atoms with Crippen molar-refractivity contribution in [1.82, 2.24) is 14.4 Å². The minimum atomic E-state index is -0.0552. The SMILES string of the molecule is COc1ccc(N2CCCN(Cc3cccc4c3c(Cl)cn4CC(=O)N(C)C)C2=O)cc1OCCC[C@H]1C[C@H]1C. The number of aromatic nitrogens is 1. The molecule has 1 saturated heterocycles. The molecule has 0 bridgehead atoms. The van der Waals surface area contributed by atoms with Crippen molar-refractivity contribution in [2.45, 2.75) is 45.7 Å². The van der Waals surface area contributed by atoms with Crippen LogP contribution in [0.4, 0.5) is 10.5 Å². The van der Waals surface area contributed by atoms with Crippen LogP contribution in [0.1, 0.15) is 38.2 Å². The number of urea groups is 1. The van der Waals surface area contributed by atoms with Crippen LogP contribution in [0.25, 0.3) is 10.9 Å². The zero-order valence-corrected chi connectivity index (χ0v) is 24.6. The fourth-order valence-corrected chi connectivity index (χ4v) is 5.91. The Bertz CT molecular complexity index is 1390. The Morgan fingerprint density at radius 1 is 1.15 bits per heavy atom. The molecule has 2 fully saturated rings. The van der Waals surface area contributed by atoms with Crippen molar-refractivity contribution in [3.8, 4) is 11.5 Å². The summed E-state index contributed by atoms with van der Waals surface area (Å²) in [4.78, 5) is 31.3. The summed E-state index contributed by atoms with van der Waals surface area (Å²) in [5.74, 6) is 3.01. The number of likely N-dealkylation sites (N-methyl/N-ethyl adjacent to an activating group) is 1. The quantitative estimate of drug-likeness (QED) is 0.265. The molecule has 9 heteroatoms. The van der Waals surface area contributed by atoms with E-state index in [1.807, 2.05) is 50.8 Å². The van der Waals surface area contributed by atoms with E-state index in [0.29, 0.717) is 42.8 Å². The maximum atomic E-state index is 13.7. The van der Waals surface area contributed by atoms with Crippen LogP contribution in [0.3, 0.4) is 0 Å². The van der Waals surface area contributed by atoms with E-state index in [4.69, 9.17) is 21.1 Å². The van der Waals surface area contributed by atoms with Crippen LogP contribution in [0, 0.1) is 11.8 Å². The third-order valence-corrected chi connectivity index (χ3v) is 8.42. The zero-order valence-electron chi connectivity index (χ0n) is 23.9. The maximum Gasteiger partial charge on any atom is 0.324 e. The average Bonchev–Trinajstić information content (AvgIpc) is 3.56. The number of amides is 3. The van der Waals surface area contributed by atoms with E-state index in [9.17, 15) is 9.59 Å². The maximum absolute atomic E-state index is 13.7. The van der Waals surface area contributed by atoms with Gasteiger partial charge in [0.05, 0.1) is 24.3 Å². The molecule has 1 aromatic heterocycles. The largest absolute Gasteiger partial charge is 0.493 e. The van der Waals surface area contributed by atoms with Gasteiger partial charge in [0.15, 0.2) is 11.5 Å². The lowest BCUT2D eigenvalue weighted by Crippen LogP contribution is -2.49. The molecule has 0 N–H and O–H groups in total. The number of nitrogens with zero attached hydrogens (tertiary/aromatic N) is 4. The normalized spacial score (nSPS) is 18.8. The van der Waals surface area contributed by atoms with Crippen LogP contribution < -0.4 is 14.4 Å². The van der Waals surface area contributed by atoms with E-state index in [1.165, 1.54) is 12.8 Å². The summed E-state index contributed by atoms with van der Waals surface area (Å²) >= 11 is 6.67. The van der Waals surface area contributed by atoms with Crippen LogP contribution in [0.2, 0.25) is 5.02 Å². The van der Waals surface area contributed by atoms with Gasteiger partial charge in [0.25, 0.3) is 0 Å². The van der Waals surface area contributed by atoms with Crippen molar-refractivity contribution in [3.05, 3.63) is 53.2 Å². The topological polar surface area (TPSA) is 67.2 Å². The summed E-state index contributed by atoms with van der Waals surface area (Å²) in [6.45, 7) is 4.86. The molecule has 3 aromatic rings. The first-order chi connectivity index (χ1) is 19.3. The second kappa shape index (κ2) is 12.0. The highest BCUT2D eigenvalue weighted by molar-refractivity contribution is 6.36. The van der Waals surface area contributed by atoms with Gasteiger partial charge in [0, 0.05) is 57.1 Å². The van der Waals surface area contributed by atoms with Crippen LogP contribution in [-0.4, -0.2) is 67.2 Å². The van der Waals surface area contributed by atoms with Crippen molar-refractivity contribution < 1.29 is 19.1 Å². The molecule has 3 amide bonds. The van der Waals surface area contributed by atoms with Gasteiger partial charge < -0.3 is 23.8 Å². The Kier molecular flexibility index (Phi) is 8.45. The van der Waals surface area contributed by atoms with Crippen LogP contribution in [0.5, 0.6) is 11.5 Å². The van der Waals surface area contributed by atoms with Crippen molar-refractivity contribution in [2.24, 2.45) is 11.8 Å². The number of ether oxygens (including phenoxy) is 2. The number of carbonyl (C=O) groups is 2. The molecule has 8 nitrogen and oxygen atoms in total. The lowest BCUT2D eigenvalue weighted by molar-refractivity contribution is -0.129. The van der Waals surface area contributed by atoms with E-state index < -0.39 is 0 Å². The predicted molar refractivity (Wildman–Crippen MR) is 158 cm³/mol. The molecule has 0 unspecified atom stereocenters. The Morgan fingerprint density at radius 3 is 2.67 bits per heavy atom. The first-order valence-electron chi connectivity index (χ1n) is 14.1. The fourth-order valence-electron chi connectivity index (χ4n) is 5.57. The highest BCUT2D eigenvalue weighted by Crippen LogP contribution is 2.41. The highest BCUT2D eigenvalue weighted by Gasteiger charge is 2.31. The summed E-state index contributed by atoms with van der Waals surface area (Å²) in [6, 6.07) is 11.6. The third kappa shape index (κ3) is 6.02. The van der Waals surface area contributed by atoms with Crippen LogP contribution in [0.15, 0.2) is 42.6 Å². The minimum absolute atomic E-state index is 0.0128. The number of methoxy groups -OCH3 is 1. The zero-order chi connectivity index (χ0) is 28.4. The number of rotatable bonds is 11. The first-order valence-corrected chi connectivity index (χ1v) is 14.5. The molecule has 2 aliphatic rings. The number of halogens is 1. The monoisotopic (exact) mass is 566 g/mol. The van der Waals surface area contributed by atoms with Crippen molar-refractivity contribution in [2.75, 3.05) is 45.8 Å². The molecule has 1 saturated carbocycles. The summed E-state index contributed by atoms with van der Waals surface area (Å²) in [7, 11) is 5.11. The molecule has 214 valence electrons. The third-order valence-electron chi connectivity index (χ3n) is 8.13. The molecular formula is C31H39ClN4O4. The summed E-state index contributed by atoms with van der Waals surface area (Å²) in [5, 5.41) is 1.45. The molecule has 0 radical (unpaired) electrons. The van der Waals surface area contributed by atoms with Gasteiger partial charge in [-0.1, -0.05) is 30.7 Å². The summed E-state index contributed by atoms with van der Waals surface area (Å²) in [6.07, 6.45) is 6.17. The lowest BCUT2D eigenvalue weighted by atomic mass is 10.1. The number of fused-ring (bicyclic) bond motifs is 1. The summed E-state index contributed by atoms with van der Waals surface area (Å²) in [5.41, 5.74) is 2.63. The first kappa shape index (κ1) is 28.1. The van der Waals surface area contributed by atoms with Crippen molar-refractivity contribution in [3.63, 3.8) is 0 Å². The van der Waals surface area contributed by atoms with Gasteiger partial charge in [-0.05, 0) is 61.3 Å². The van der Waals surface area contributed by atoms with Gasteiger partial charge in [0.1, 0.15) is 6.54 Å². The molecule has 5 rings (SSSR count). The molecule has 40 heavy (non-hydrogen) atoms. The van der Waals surface area contributed by atoms with Gasteiger partial charge in [-0.3, -0.25) is 9.69 Å². The molecule has 2 aromatic carbocycles. The van der Waals surface area contributed by atoms with E-state index in [1.54, 1.807) is 32.3 Å². The molecule has 2 atom stereocenters. The number of hydrogen-bond donors (Lipinski definition) is 0. The number of benzene rings is 2. The molecule has 2 heterocycles. The standard InChI is InChI=1S/C31H39ClN4O4/c1-21-16-22(21)9-6-15-40-28-17-24(11-12-27(28)39-4)36-14-7-13-34(31(36)38)18-23-8-5-10-26-30(23)25(32)19-35(26)20-29(37)33(2)3/h5,8,10-12,17,19,21-22H,6-7,9,13-16,18,20H2,1-4H3/t21-,22+/m1/s1. The predicted octanol–water partition coefficient (Wildman–Crippen LogP) is 6.04. The van der Waals surface area contributed by atoms with E-state index in [2.05, 4.69) is 6.92 Å². The molecular weight excluding hydrogens is 528 g/mol. The molecule has 1 aliphatic heterocycles.